The molecule has 0 spiro atoms. The molecule has 0 radical (unpaired) electrons. The van der Waals surface area contributed by atoms with Crippen LogP contribution in [0.1, 0.15) is 30.4 Å². The molecule has 168 valence electrons. The van der Waals surface area contributed by atoms with Gasteiger partial charge in [-0.1, -0.05) is 0 Å². The van der Waals surface area contributed by atoms with E-state index in [1.807, 2.05) is 6.07 Å². The summed E-state index contributed by atoms with van der Waals surface area (Å²) in [7, 11) is 0. The van der Waals surface area contributed by atoms with Crippen LogP contribution in [0.2, 0.25) is 0 Å². The van der Waals surface area contributed by atoms with Crippen LogP contribution in [0.3, 0.4) is 0 Å². The number of H-pyrrole nitrogens is 1. The van der Waals surface area contributed by atoms with Crippen molar-refractivity contribution in [3.63, 3.8) is 0 Å². The van der Waals surface area contributed by atoms with Gasteiger partial charge in [-0.2, -0.15) is 18.4 Å². The molecule has 0 aliphatic carbocycles. The number of fused-ring (bicyclic) bond motifs is 1. The molecule has 0 atom stereocenters. The number of halogens is 3. The number of aromatic amines is 1. The fourth-order valence-electron chi connectivity index (χ4n) is 3.73. The largest absolute Gasteiger partial charge is 0.493 e. The van der Waals surface area contributed by atoms with E-state index in [0.29, 0.717) is 30.0 Å². The van der Waals surface area contributed by atoms with E-state index in [9.17, 15) is 18.4 Å². The molecule has 1 aliphatic heterocycles. The maximum atomic E-state index is 13.5. The third-order valence-electron chi connectivity index (χ3n) is 5.19. The molecule has 10 heteroatoms. The Bertz CT molecular complexity index is 1140. The van der Waals surface area contributed by atoms with Crippen molar-refractivity contribution in [2.45, 2.75) is 26.1 Å². The number of aromatic nitrogens is 3. The second-order valence-corrected chi connectivity index (χ2v) is 7.43. The average Bonchev–Trinajstić information content (AvgIpc) is 2.99. The summed E-state index contributed by atoms with van der Waals surface area (Å²) in [5.74, 6) is 0.426. The molecule has 3 aromatic rings. The van der Waals surface area contributed by atoms with Gasteiger partial charge >= 0.3 is 6.18 Å². The lowest BCUT2D eigenvalue weighted by atomic mass is 10.1. The molecule has 0 amide bonds. The van der Waals surface area contributed by atoms with Crippen molar-refractivity contribution in [1.29, 1.82) is 5.26 Å². The highest BCUT2D eigenvalue weighted by Gasteiger charge is 2.35. The minimum absolute atomic E-state index is 0.0571. The molecule has 3 heterocycles. The van der Waals surface area contributed by atoms with Crippen molar-refractivity contribution in [1.82, 2.24) is 19.9 Å². The Kier molecular flexibility index (Phi) is 6.30. The van der Waals surface area contributed by atoms with Crippen LogP contribution in [0.4, 0.5) is 13.2 Å². The van der Waals surface area contributed by atoms with E-state index in [0.717, 1.165) is 32.2 Å². The van der Waals surface area contributed by atoms with Crippen LogP contribution in [-0.2, 0) is 17.5 Å². The van der Waals surface area contributed by atoms with Crippen LogP contribution in [0.25, 0.3) is 22.3 Å². The van der Waals surface area contributed by atoms with Crippen molar-refractivity contribution in [2.24, 2.45) is 0 Å². The third-order valence-corrected chi connectivity index (χ3v) is 5.19. The SMILES string of the molecule is CCOc1ccc(-c2cc3[nH]c(CN4CCCOCC4)nc3c(C#N)n2)cc1C(F)(F)F. The summed E-state index contributed by atoms with van der Waals surface area (Å²) in [5, 5.41) is 9.58. The third kappa shape index (κ3) is 4.69. The maximum absolute atomic E-state index is 13.5. The van der Waals surface area contributed by atoms with Crippen LogP contribution in [0, 0.1) is 11.3 Å². The van der Waals surface area contributed by atoms with Gasteiger partial charge in [0.1, 0.15) is 23.2 Å². The lowest BCUT2D eigenvalue weighted by molar-refractivity contribution is -0.138. The van der Waals surface area contributed by atoms with E-state index in [2.05, 4.69) is 19.9 Å². The number of hydrogen-bond acceptors (Lipinski definition) is 6. The number of nitrogens with zero attached hydrogens (tertiary/aromatic N) is 4. The minimum atomic E-state index is -4.58. The second-order valence-electron chi connectivity index (χ2n) is 7.43. The zero-order valence-corrected chi connectivity index (χ0v) is 17.5. The fourth-order valence-corrected chi connectivity index (χ4v) is 3.73. The van der Waals surface area contributed by atoms with Crippen LogP contribution >= 0.6 is 0 Å². The molecule has 7 nitrogen and oxygen atoms in total. The van der Waals surface area contributed by atoms with Crippen LogP contribution < -0.4 is 4.74 Å². The summed E-state index contributed by atoms with van der Waals surface area (Å²) in [4.78, 5) is 14.2. The summed E-state index contributed by atoms with van der Waals surface area (Å²) in [6, 6.07) is 7.40. The van der Waals surface area contributed by atoms with Gasteiger partial charge in [0.05, 0.1) is 36.5 Å². The Morgan fingerprint density at radius 3 is 2.81 bits per heavy atom. The van der Waals surface area contributed by atoms with Gasteiger partial charge in [-0.3, -0.25) is 4.90 Å². The van der Waals surface area contributed by atoms with Crippen molar-refractivity contribution in [3.05, 3.63) is 41.3 Å². The van der Waals surface area contributed by atoms with E-state index in [1.165, 1.54) is 12.1 Å². The smallest absolute Gasteiger partial charge is 0.419 e. The van der Waals surface area contributed by atoms with Gasteiger partial charge in [0, 0.05) is 25.3 Å². The topological polar surface area (TPSA) is 87.1 Å². The Morgan fingerprint density at radius 2 is 2.06 bits per heavy atom. The number of benzene rings is 1. The number of hydrogen-bond donors (Lipinski definition) is 1. The van der Waals surface area contributed by atoms with Gasteiger partial charge < -0.3 is 14.5 Å². The number of imidazole rings is 1. The van der Waals surface area contributed by atoms with Gasteiger partial charge in [0.25, 0.3) is 0 Å². The number of pyridine rings is 1. The molecular weight excluding hydrogens is 423 g/mol. The highest BCUT2D eigenvalue weighted by molar-refractivity contribution is 5.84. The summed E-state index contributed by atoms with van der Waals surface area (Å²) in [6.07, 6.45) is -3.66. The van der Waals surface area contributed by atoms with E-state index in [1.54, 1.807) is 13.0 Å². The summed E-state index contributed by atoms with van der Waals surface area (Å²) in [6.45, 7) is 5.32. The molecule has 2 aromatic heterocycles. The molecule has 0 bridgehead atoms. The number of alkyl halides is 3. The zero-order valence-electron chi connectivity index (χ0n) is 17.5. The van der Waals surface area contributed by atoms with E-state index >= 15 is 0 Å². The molecule has 1 N–H and O–H groups in total. The number of ether oxygens (including phenoxy) is 2. The van der Waals surface area contributed by atoms with Crippen LogP contribution in [-0.4, -0.2) is 52.8 Å². The summed E-state index contributed by atoms with van der Waals surface area (Å²) in [5.41, 5.74) is 0.614. The number of rotatable bonds is 5. The maximum Gasteiger partial charge on any atom is 0.419 e. The molecule has 0 unspecified atom stereocenters. The molecular formula is C22H22F3N5O2. The van der Waals surface area contributed by atoms with Crippen molar-refractivity contribution < 1.29 is 22.6 Å². The minimum Gasteiger partial charge on any atom is -0.493 e. The fraction of sp³-hybridized carbons (Fsp3) is 0.409. The summed E-state index contributed by atoms with van der Waals surface area (Å²) < 4.78 is 51.2. The standard InChI is InChI=1S/C22H22F3N5O2/c1-2-32-19-5-4-14(10-15(19)22(23,24)25)16-11-17-21(18(12-26)27-16)29-20(28-17)13-30-6-3-8-31-9-7-30/h4-5,10-11H,2-3,6-9,13H2,1H3,(H,28,29). The first-order chi connectivity index (χ1) is 15.4. The quantitative estimate of drug-likeness (QED) is 0.635. The molecule has 1 fully saturated rings. The lowest BCUT2D eigenvalue weighted by Gasteiger charge is -2.16. The first kappa shape index (κ1) is 22.0. The lowest BCUT2D eigenvalue weighted by Crippen LogP contribution is -2.26. The van der Waals surface area contributed by atoms with E-state index in [-0.39, 0.29) is 29.3 Å². The Morgan fingerprint density at radius 1 is 1.22 bits per heavy atom. The summed E-state index contributed by atoms with van der Waals surface area (Å²) >= 11 is 0. The zero-order chi connectivity index (χ0) is 22.7. The highest BCUT2D eigenvalue weighted by Crippen LogP contribution is 2.39. The Hall–Kier alpha value is -3.16. The van der Waals surface area contributed by atoms with Gasteiger partial charge in [-0.15, -0.1) is 0 Å². The normalized spacial score (nSPS) is 15.5. The van der Waals surface area contributed by atoms with Crippen LogP contribution in [0.15, 0.2) is 24.3 Å². The van der Waals surface area contributed by atoms with Crippen molar-refractivity contribution >= 4 is 11.0 Å². The molecule has 32 heavy (non-hydrogen) atoms. The highest BCUT2D eigenvalue weighted by atomic mass is 19.4. The van der Waals surface area contributed by atoms with Gasteiger partial charge in [-0.05, 0) is 37.6 Å². The van der Waals surface area contributed by atoms with Gasteiger partial charge in [0.2, 0.25) is 0 Å². The van der Waals surface area contributed by atoms with Crippen molar-refractivity contribution in [2.75, 3.05) is 32.9 Å². The second kappa shape index (κ2) is 9.14. The first-order valence-electron chi connectivity index (χ1n) is 10.3. The molecule has 4 rings (SSSR count). The molecule has 1 aromatic carbocycles. The molecule has 0 saturated carbocycles. The monoisotopic (exact) mass is 445 g/mol. The van der Waals surface area contributed by atoms with E-state index < -0.39 is 11.7 Å². The van der Waals surface area contributed by atoms with Crippen LogP contribution in [0.5, 0.6) is 5.75 Å². The molecule has 1 aliphatic rings. The van der Waals surface area contributed by atoms with Crippen molar-refractivity contribution in [3.8, 4) is 23.1 Å². The predicted molar refractivity (Wildman–Crippen MR) is 111 cm³/mol. The number of nitriles is 1. The van der Waals surface area contributed by atoms with Gasteiger partial charge in [0.15, 0.2) is 5.69 Å². The Labute approximate surface area is 182 Å². The average molecular weight is 445 g/mol. The molecule has 1 saturated heterocycles. The predicted octanol–water partition coefficient (Wildman–Crippen LogP) is 4.14. The Balaban J connectivity index is 1.71. The van der Waals surface area contributed by atoms with E-state index in [4.69, 9.17) is 9.47 Å². The number of nitrogens with one attached hydrogen (secondary N) is 1. The first-order valence-corrected chi connectivity index (χ1v) is 10.3. The van der Waals surface area contributed by atoms with Gasteiger partial charge in [-0.25, -0.2) is 9.97 Å².